The van der Waals surface area contributed by atoms with Gasteiger partial charge in [-0.3, -0.25) is 0 Å². The van der Waals surface area contributed by atoms with E-state index in [9.17, 15) is 4.39 Å². The second kappa shape index (κ2) is 2.46. The van der Waals surface area contributed by atoms with E-state index in [1.165, 1.54) is 12.2 Å². The molecule has 1 fully saturated rings. The van der Waals surface area contributed by atoms with Crippen molar-refractivity contribution in [2.75, 3.05) is 6.61 Å². The highest BCUT2D eigenvalue weighted by Crippen LogP contribution is 2.31. The van der Waals surface area contributed by atoms with Crippen LogP contribution in [0.2, 0.25) is 0 Å². The van der Waals surface area contributed by atoms with Crippen LogP contribution in [0.4, 0.5) is 4.39 Å². The maximum Gasteiger partial charge on any atom is 0.487 e. The van der Waals surface area contributed by atoms with Crippen molar-refractivity contribution in [2.45, 2.75) is 6.42 Å². The summed E-state index contributed by atoms with van der Waals surface area (Å²) in [4.78, 5) is 0. The molecule has 1 aliphatic carbocycles. The van der Waals surface area contributed by atoms with E-state index in [0.717, 1.165) is 0 Å². The van der Waals surface area contributed by atoms with Gasteiger partial charge in [0.25, 0.3) is 0 Å². The summed E-state index contributed by atoms with van der Waals surface area (Å²) < 4.78 is 17.5. The number of fused-ring (bicyclic) bond motifs is 1. The van der Waals surface area contributed by atoms with Gasteiger partial charge in [0.1, 0.15) is 5.83 Å². The average molecular weight is 154 g/mol. The molecule has 0 aromatic rings. The van der Waals surface area contributed by atoms with Crippen molar-refractivity contribution < 1.29 is 14.1 Å². The fourth-order valence-corrected chi connectivity index (χ4v) is 1.47. The van der Waals surface area contributed by atoms with Gasteiger partial charge in [0, 0.05) is 12.5 Å². The highest BCUT2D eigenvalue weighted by molar-refractivity contribution is 6.53. The van der Waals surface area contributed by atoms with Gasteiger partial charge in [-0.1, -0.05) is 0 Å². The molecule has 0 aromatic heterocycles. The summed E-state index contributed by atoms with van der Waals surface area (Å²) in [6, 6.07) is 0. The zero-order valence-corrected chi connectivity index (χ0v) is 5.96. The molecule has 0 amide bonds. The predicted molar refractivity (Wildman–Crippen MR) is 39.3 cm³/mol. The van der Waals surface area contributed by atoms with Gasteiger partial charge < -0.3 is 9.68 Å². The van der Waals surface area contributed by atoms with Crippen LogP contribution < -0.4 is 0 Å². The van der Waals surface area contributed by atoms with Crippen molar-refractivity contribution in [1.29, 1.82) is 0 Å². The summed E-state index contributed by atoms with van der Waals surface area (Å²) in [5, 5.41) is 9.16. The van der Waals surface area contributed by atoms with Gasteiger partial charge in [0.2, 0.25) is 0 Å². The van der Waals surface area contributed by atoms with Crippen LogP contribution >= 0.6 is 0 Å². The van der Waals surface area contributed by atoms with Gasteiger partial charge in [0.15, 0.2) is 0 Å². The Balaban J connectivity index is 2.27. The van der Waals surface area contributed by atoms with Crippen LogP contribution in [0.3, 0.4) is 0 Å². The first-order valence-electron chi connectivity index (χ1n) is 3.64. The maximum atomic E-state index is 12.6. The molecule has 0 saturated carbocycles. The molecule has 2 nitrogen and oxygen atoms in total. The zero-order chi connectivity index (χ0) is 7.84. The van der Waals surface area contributed by atoms with E-state index in [2.05, 4.69) is 0 Å². The Bertz CT molecular complexity index is 237. The van der Waals surface area contributed by atoms with E-state index in [1.54, 1.807) is 0 Å². The highest BCUT2D eigenvalue weighted by Gasteiger charge is 2.35. The minimum Gasteiger partial charge on any atom is -0.423 e. The molecule has 0 spiro atoms. The van der Waals surface area contributed by atoms with Crippen molar-refractivity contribution in [3.8, 4) is 0 Å². The molecular formula is C7H8BFO2. The smallest absolute Gasteiger partial charge is 0.423 e. The molecule has 0 aromatic carbocycles. The standard InChI is InChI=1S/C7H8BFO2/c9-6-2-1-5-4-11-8(10)7(5)3-6/h2-3,5,10H,1,4H2. The monoisotopic (exact) mass is 154 g/mol. The van der Waals surface area contributed by atoms with Gasteiger partial charge in [0.05, 0.1) is 0 Å². The van der Waals surface area contributed by atoms with Gasteiger partial charge in [-0.15, -0.1) is 0 Å². The zero-order valence-electron chi connectivity index (χ0n) is 5.96. The van der Waals surface area contributed by atoms with E-state index < -0.39 is 7.12 Å². The Morgan fingerprint density at radius 3 is 3.36 bits per heavy atom. The Labute approximate surface area is 64.5 Å². The molecule has 0 radical (unpaired) electrons. The van der Waals surface area contributed by atoms with Crippen molar-refractivity contribution in [3.05, 3.63) is 23.5 Å². The molecule has 0 bridgehead atoms. The average Bonchev–Trinajstić information content (AvgIpc) is 2.33. The summed E-state index contributed by atoms with van der Waals surface area (Å²) >= 11 is 0. The molecule has 11 heavy (non-hydrogen) atoms. The van der Waals surface area contributed by atoms with Crippen LogP contribution in [-0.4, -0.2) is 18.7 Å². The number of rotatable bonds is 0. The number of hydrogen-bond acceptors (Lipinski definition) is 2. The van der Waals surface area contributed by atoms with Crippen LogP contribution in [0.1, 0.15) is 6.42 Å². The molecule has 1 aliphatic heterocycles. The Hall–Kier alpha value is -0.605. The van der Waals surface area contributed by atoms with Gasteiger partial charge in [-0.25, -0.2) is 4.39 Å². The molecule has 2 rings (SSSR count). The van der Waals surface area contributed by atoms with Crippen molar-refractivity contribution in [3.63, 3.8) is 0 Å². The molecule has 1 atom stereocenters. The number of halogens is 1. The summed E-state index contributed by atoms with van der Waals surface area (Å²) in [7, 11) is -0.876. The molecular weight excluding hydrogens is 146 g/mol. The third-order valence-electron chi connectivity index (χ3n) is 2.11. The third kappa shape index (κ3) is 1.12. The second-order valence-electron chi connectivity index (χ2n) is 2.85. The van der Waals surface area contributed by atoms with Crippen LogP contribution in [0.15, 0.2) is 23.5 Å². The minimum absolute atomic E-state index is 0.199. The lowest BCUT2D eigenvalue weighted by Gasteiger charge is -2.11. The third-order valence-corrected chi connectivity index (χ3v) is 2.11. The highest BCUT2D eigenvalue weighted by atomic mass is 19.1. The largest absolute Gasteiger partial charge is 0.487 e. The normalized spacial score (nSPS) is 29.6. The van der Waals surface area contributed by atoms with Crippen molar-refractivity contribution in [2.24, 2.45) is 5.92 Å². The molecule has 1 saturated heterocycles. The fourth-order valence-electron chi connectivity index (χ4n) is 1.47. The van der Waals surface area contributed by atoms with Crippen LogP contribution in [0.5, 0.6) is 0 Å². The summed E-state index contributed by atoms with van der Waals surface area (Å²) in [5.74, 6) is -0.0645. The molecule has 1 heterocycles. The quantitative estimate of drug-likeness (QED) is 0.523. The Morgan fingerprint density at radius 1 is 1.73 bits per heavy atom. The second-order valence-corrected chi connectivity index (χ2v) is 2.85. The van der Waals surface area contributed by atoms with E-state index in [4.69, 9.17) is 9.68 Å². The van der Waals surface area contributed by atoms with E-state index in [1.807, 2.05) is 0 Å². The van der Waals surface area contributed by atoms with Crippen LogP contribution in [0, 0.1) is 5.92 Å². The van der Waals surface area contributed by atoms with E-state index in [0.29, 0.717) is 18.5 Å². The Kier molecular flexibility index (Phi) is 1.58. The van der Waals surface area contributed by atoms with Crippen molar-refractivity contribution in [1.82, 2.24) is 0 Å². The SMILES string of the molecule is OB1OCC2CC=C(F)C=C12. The minimum atomic E-state index is -0.876. The lowest BCUT2D eigenvalue weighted by molar-refractivity contribution is 0.275. The van der Waals surface area contributed by atoms with E-state index in [-0.39, 0.29) is 11.7 Å². The lowest BCUT2D eigenvalue weighted by Crippen LogP contribution is -2.15. The fraction of sp³-hybridized carbons (Fsp3) is 0.429. The molecule has 4 heteroatoms. The van der Waals surface area contributed by atoms with Gasteiger partial charge in [-0.2, -0.15) is 0 Å². The first-order valence-corrected chi connectivity index (χ1v) is 3.64. The Morgan fingerprint density at radius 2 is 2.55 bits per heavy atom. The molecule has 2 aliphatic rings. The predicted octanol–water partition coefficient (Wildman–Crippen LogP) is 0.836. The summed E-state index contributed by atoms with van der Waals surface area (Å²) in [6.45, 7) is 0.511. The summed E-state index contributed by atoms with van der Waals surface area (Å²) in [6.07, 6.45) is 3.54. The van der Waals surface area contributed by atoms with Crippen LogP contribution in [-0.2, 0) is 4.65 Å². The maximum absolute atomic E-state index is 12.6. The van der Waals surface area contributed by atoms with Gasteiger partial charge >= 0.3 is 7.12 Å². The van der Waals surface area contributed by atoms with Gasteiger partial charge in [-0.05, 0) is 24.0 Å². The summed E-state index contributed by atoms with van der Waals surface area (Å²) in [5.41, 5.74) is 0.685. The molecule has 1 N–H and O–H groups in total. The number of hydrogen-bond donors (Lipinski definition) is 1. The first kappa shape index (κ1) is 7.07. The molecule has 1 unspecified atom stereocenters. The number of allylic oxidation sites excluding steroid dienone is 3. The first-order chi connectivity index (χ1) is 5.27. The lowest BCUT2D eigenvalue weighted by atomic mass is 9.72. The van der Waals surface area contributed by atoms with Crippen molar-refractivity contribution >= 4 is 7.12 Å². The topological polar surface area (TPSA) is 29.5 Å². The van der Waals surface area contributed by atoms with E-state index >= 15 is 0 Å². The van der Waals surface area contributed by atoms with Crippen LogP contribution in [0.25, 0.3) is 0 Å². The molecule has 58 valence electrons.